The predicted octanol–water partition coefficient (Wildman–Crippen LogP) is 11.4. The Hall–Kier alpha value is -6.47. The van der Waals surface area contributed by atoms with Gasteiger partial charge >= 0.3 is 6.09 Å². The lowest BCUT2D eigenvalue weighted by atomic mass is 9.72. The van der Waals surface area contributed by atoms with E-state index in [2.05, 4.69) is 60.2 Å². The van der Waals surface area contributed by atoms with Gasteiger partial charge in [-0.25, -0.2) is 35.0 Å². The Bertz CT molecular complexity index is 3480. The number of hydrogen-bond acceptors (Lipinski definition) is 13. The van der Waals surface area contributed by atoms with Gasteiger partial charge in [0.1, 0.15) is 22.1 Å². The van der Waals surface area contributed by atoms with Crippen LogP contribution in [0.1, 0.15) is 124 Å². The first-order valence-corrected chi connectivity index (χ1v) is 29.9. The number of Topliss-reactive ketones (excluding diaryl/α,β-unsaturated/α-hetero) is 1. The van der Waals surface area contributed by atoms with Crippen LogP contribution in [0, 0.1) is 29.1 Å². The lowest BCUT2D eigenvalue weighted by molar-refractivity contribution is -0.142. The molecule has 6 rings (SSSR count). The second kappa shape index (κ2) is 22.6. The van der Waals surface area contributed by atoms with E-state index in [9.17, 15) is 44.9 Å². The molecule has 0 spiro atoms. The third-order valence-corrected chi connectivity index (χ3v) is 17.0. The fourth-order valence-corrected chi connectivity index (χ4v) is 11.8. The Kier molecular flexibility index (Phi) is 17.5. The summed E-state index contributed by atoms with van der Waals surface area (Å²) in [5.41, 5.74) is 1.99. The molecule has 1 unspecified atom stereocenters. The number of aromatic nitrogens is 1. The van der Waals surface area contributed by atoms with Crippen molar-refractivity contribution >= 4 is 111 Å². The van der Waals surface area contributed by atoms with Crippen molar-refractivity contribution in [3.8, 4) is 6.07 Å². The average molecular weight is 1120 g/mol. The zero-order chi connectivity index (χ0) is 56.3. The maximum Gasteiger partial charge on any atom is 0.415 e. The molecular formula is C54H66ClN7O11S3. The molecule has 4 aromatic carbocycles. The van der Waals surface area contributed by atoms with Crippen LogP contribution in [0.2, 0.25) is 5.02 Å². The minimum Gasteiger partial charge on any atom is -0.435 e. The van der Waals surface area contributed by atoms with Crippen molar-refractivity contribution in [3.63, 3.8) is 0 Å². The smallest absolute Gasteiger partial charge is 0.415 e. The number of amides is 2. The van der Waals surface area contributed by atoms with Crippen molar-refractivity contribution in [3.05, 3.63) is 100 Å². The van der Waals surface area contributed by atoms with Crippen molar-refractivity contribution in [2.24, 2.45) is 10.8 Å². The number of carbonyl (C=O) groups is 3. The number of oxazole rings is 1. The van der Waals surface area contributed by atoms with Crippen molar-refractivity contribution in [2.75, 3.05) is 35.9 Å². The number of fused-ring (bicyclic) bond motifs is 1. The van der Waals surface area contributed by atoms with Crippen molar-refractivity contribution in [1.29, 1.82) is 5.26 Å². The molecule has 0 aliphatic heterocycles. The predicted molar refractivity (Wildman–Crippen MR) is 299 cm³/mol. The maximum atomic E-state index is 14.6. The zero-order valence-electron chi connectivity index (χ0n) is 44.5. The van der Waals surface area contributed by atoms with Crippen molar-refractivity contribution in [2.45, 2.75) is 131 Å². The number of anilines is 5. The van der Waals surface area contributed by atoms with E-state index in [1.165, 1.54) is 36.9 Å². The van der Waals surface area contributed by atoms with E-state index in [1.807, 2.05) is 25.1 Å². The van der Waals surface area contributed by atoms with Gasteiger partial charge < -0.3 is 14.5 Å². The average Bonchev–Trinajstić information content (AvgIpc) is 4.01. The molecule has 0 radical (unpaired) electrons. The van der Waals surface area contributed by atoms with Gasteiger partial charge in [-0.1, -0.05) is 92.0 Å². The van der Waals surface area contributed by atoms with E-state index in [-0.39, 0.29) is 61.9 Å². The third-order valence-electron chi connectivity index (χ3n) is 12.7. The highest BCUT2D eigenvalue weighted by Gasteiger charge is 2.41. The normalized spacial score (nSPS) is 14.4. The zero-order valence-corrected chi connectivity index (χ0v) is 47.8. The SMILES string of the molecule is CCS(=O)(=O)Nc1ccc(NS(=O)(=O)CC)c(S(=O)(=O)Nc2ccc(Cl)c(NC(=O)C(OC(=O)N(c3ccc(/C=C(\C#N)c4nc5cc(C(C)(C)CC(C)(C)C)ccc5o4)c(C)c3)C3CCCC3)C(=O)C(C)(C)C)c2)c1. The highest BCUT2D eigenvalue weighted by Crippen LogP contribution is 2.39. The van der Waals surface area contributed by atoms with Gasteiger partial charge in [0, 0.05) is 22.8 Å². The fraction of sp³-hybridized carbons (Fsp3) is 0.426. The van der Waals surface area contributed by atoms with E-state index in [0.29, 0.717) is 40.8 Å². The number of nitrogens with zero attached hydrogens (tertiary/aromatic N) is 3. The Balaban J connectivity index is 1.27. The second-order valence-corrected chi connectivity index (χ2v) is 27.8. The van der Waals surface area contributed by atoms with Crippen LogP contribution >= 0.6 is 11.6 Å². The molecule has 1 heterocycles. The van der Waals surface area contributed by atoms with E-state index >= 15 is 0 Å². The number of ketones is 1. The Morgan fingerprint density at radius 1 is 0.829 bits per heavy atom. The topological polar surface area (TPSA) is 264 Å². The van der Waals surface area contributed by atoms with Crippen molar-refractivity contribution < 1.29 is 48.8 Å². The molecule has 0 saturated heterocycles. The number of aryl methyl sites for hydroxylation is 1. The molecule has 1 aromatic heterocycles. The summed E-state index contributed by atoms with van der Waals surface area (Å²) in [7, 11) is -12.6. The van der Waals surface area contributed by atoms with E-state index < -0.39 is 70.0 Å². The van der Waals surface area contributed by atoms with Crippen LogP contribution in [-0.2, 0) is 49.8 Å². The summed E-state index contributed by atoms with van der Waals surface area (Å²) in [4.78, 5) is 48.4. The molecular weight excluding hydrogens is 1050 g/mol. The van der Waals surface area contributed by atoms with E-state index in [1.54, 1.807) is 45.0 Å². The van der Waals surface area contributed by atoms with E-state index in [0.717, 1.165) is 43.0 Å². The van der Waals surface area contributed by atoms with Gasteiger partial charge in [-0.05, 0) is 134 Å². The number of halogens is 1. The summed E-state index contributed by atoms with van der Waals surface area (Å²) in [5, 5.41) is 12.8. The van der Waals surface area contributed by atoms with Gasteiger partial charge in [-0.3, -0.25) is 28.7 Å². The summed E-state index contributed by atoms with van der Waals surface area (Å²) >= 11 is 6.53. The number of ether oxygens (including phenoxy) is 1. The lowest BCUT2D eigenvalue weighted by Gasteiger charge is -2.32. The fourth-order valence-electron chi connectivity index (χ4n) is 9.04. The minimum absolute atomic E-state index is 0.0951. The highest BCUT2D eigenvalue weighted by atomic mass is 35.5. The first-order valence-electron chi connectivity index (χ1n) is 24.7. The lowest BCUT2D eigenvalue weighted by Crippen LogP contribution is -2.48. The van der Waals surface area contributed by atoms with Crippen LogP contribution in [0.4, 0.5) is 33.2 Å². The number of sulfonamides is 3. The van der Waals surface area contributed by atoms with Crippen LogP contribution in [-0.4, -0.2) is 71.7 Å². The number of carbonyl (C=O) groups excluding carboxylic acids is 3. The Morgan fingerprint density at radius 2 is 1.46 bits per heavy atom. The van der Waals surface area contributed by atoms with Gasteiger partial charge in [-0.15, -0.1) is 0 Å². The molecule has 2 amide bonds. The molecule has 1 aliphatic rings. The number of rotatable bonds is 19. The number of hydrogen-bond donors (Lipinski definition) is 4. The van der Waals surface area contributed by atoms with Gasteiger partial charge in [0.25, 0.3) is 15.9 Å². The minimum atomic E-state index is -4.74. The van der Waals surface area contributed by atoms with Gasteiger partial charge in [0.05, 0.1) is 33.6 Å². The molecule has 76 heavy (non-hydrogen) atoms. The number of benzene rings is 4. The van der Waals surface area contributed by atoms with Crippen LogP contribution in [0.5, 0.6) is 0 Å². The van der Waals surface area contributed by atoms with Gasteiger partial charge in [0.2, 0.25) is 32.0 Å². The van der Waals surface area contributed by atoms with Crippen LogP contribution < -0.4 is 24.4 Å². The molecule has 1 aliphatic carbocycles. The molecule has 1 fully saturated rings. The summed E-state index contributed by atoms with van der Waals surface area (Å²) in [5.74, 6) is -2.45. The Labute approximate surface area is 451 Å². The third kappa shape index (κ3) is 14.5. The van der Waals surface area contributed by atoms with Crippen LogP contribution in [0.3, 0.4) is 0 Å². The molecule has 4 N–H and O–H groups in total. The quantitative estimate of drug-likeness (QED) is 0.0443. The van der Waals surface area contributed by atoms with Crippen LogP contribution in [0.25, 0.3) is 22.7 Å². The molecule has 5 aromatic rings. The molecule has 22 heteroatoms. The second-order valence-electron chi connectivity index (χ2n) is 21.7. The largest absolute Gasteiger partial charge is 0.435 e. The first-order chi connectivity index (χ1) is 35.2. The monoisotopic (exact) mass is 1120 g/mol. The summed E-state index contributed by atoms with van der Waals surface area (Å²) < 4.78 is 96.6. The molecule has 1 saturated carbocycles. The van der Waals surface area contributed by atoms with Crippen LogP contribution in [0.15, 0.2) is 82.1 Å². The number of allylic oxidation sites excluding steroid dienone is 1. The van der Waals surface area contributed by atoms with Gasteiger partial charge in [-0.2, -0.15) is 5.26 Å². The van der Waals surface area contributed by atoms with Crippen molar-refractivity contribution in [1.82, 2.24) is 4.98 Å². The summed E-state index contributed by atoms with van der Waals surface area (Å²) in [6, 6.07) is 19.8. The molecule has 408 valence electrons. The Morgan fingerprint density at radius 3 is 2.07 bits per heavy atom. The number of nitrogens with one attached hydrogen (secondary N) is 4. The highest BCUT2D eigenvalue weighted by molar-refractivity contribution is 7.94. The summed E-state index contributed by atoms with van der Waals surface area (Å²) in [6.07, 6.45) is 2.41. The van der Waals surface area contributed by atoms with E-state index in [4.69, 9.17) is 25.7 Å². The first kappa shape index (κ1) is 58.8. The molecule has 0 bridgehead atoms. The standard InChI is InChI=1S/C54H66ClN7O11S3/c1-12-74(66,67)59-38-21-24-42(61-75(68,69)13-2)46(30-38)76(70,71)60-37-20-23-41(55)43(29-37)57-49(64)47(48(63)53(7,8)9)73-51(65)62(39-16-14-15-17-39)40-22-18-34(33(3)26-40)27-35(31-56)50-58-44-28-36(19-25-45(44)72-50)54(10,11)32-52(4,5)6/h18-30,39,47,59-61H,12-17,32H2,1-11H3,(H,57,64)/b35-27+. The number of nitriles is 1. The van der Waals surface area contributed by atoms with Gasteiger partial charge in [0.15, 0.2) is 11.4 Å². The molecule has 18 nitrogen and oxygen atoms in total. The molecule has 1 atom stereocenters. The summed E-state index contributed by atoms with van der Waals surface area (Å²) in [6.45, 7) is 20.2. The maximum absolute atomic E-state index is 14.6.